The van der Waals surface area contributed by atoms with E-state index in [9.17, 15) is 4.79 Å². The minimum Gasteiger partial charge on any atom is -0.484 e. The van der Waals surface area contributed by atoms with Crippen LogP contribution in [0.25, 0.3) is 10.8 Å². The average molecular weight is 342 g/mol. The van der Waals surface area contributed by atoms with Gasteiger partial charge in [0.15, 0.2) is 6.61 Å². The number of carbonyl (C=O) groups is 1. The van der Waals surface area contributed by atoms with Crippen LogP contribution in [0.2, 0.25) is 0 Å². The van der Waals surface area contributed by atoms with E-state index in [2.05, 4.69) is 15.6 Å². The quantitative estimate of drug-likeness (QED) is 0.698. The van der Waals surface area contributed by atoms with Crippen molar-refractivity contribution >= 4 is 28.4 Å². The zero-order chi connectivity index (χ0) is 16.9. The van der Waals surface area contributed by atoms with E-state index in [1.807, 2.05) is 49.4 Å². The van der Waals surface area contributed by atoms with Gasteiger partial charge in [-0.3, -0.25) is 10.2 Å². The van der Waals surface area contributed by atoms with Crippen LogP contribution in [-0.2, 0) is 4.79 Å². The molecular weight excluding hydrogens is 324 g/mol. The Morgan fingerprint density at radius 3 is 2.79 bits per heavy atom. The maximum atomic E-state index is 12.1. The maximum Gasteiger partial charge on any atom is 0.276 e. The fraction of sp³-hybridized carbons (Fsp3) is 0.235. The molecule has 7 heteroatoms. The van der Waals surface area contributed by atoms with Crippen LogP contribution in [0.3, 0.4) is 0 Å². The van der Waals surface area contributed by atoms with E-state index < -0.39 is 0 Å². The predicted octanol–water partition coefficient (Wildman–Crippen LogP) is 3.00. The molecule has 1 N–H and O–H groups in total. The Bertz CT molecular complexity index is 863. The molecule has 3 aromatic rings. The summed E-state index contributed by atoms with van der Waals surface area (Å²) in [5, 5.41) is 10.9. The fourth-order valence-corrected chi connectivity index (χ4v) is 2.92. The third-order valence-corrected chi connectivity index (χ3v) is 4.21. The van der Waals surface area contributed by atoms with Gasteiger partial charge in [-0.2, -0.15) is 0 Å². The van der Waals surface area contributed by atoms with Gasteiger partial charge in [0.1, 0.15) is 11.6 Å². The Balaban J connectivity index is 1.63. The minimum absolute atomic E-state index is 0.0772. The van der Waals surface area contributed by atoms with Crippen LogP contribution in [0.1, 0.15) is 12.7 Å². The standard InChI is InChI=1S/C17H18N4O2S/c1-3-24-17-19-18-12(2)21(17)20-16(22)11-23-15-9-8-13-6-4-5-7-14(13)10-15/h4-10H,3,11H2,1-2H3,(H,20,22). The summed E-state index contributed by atoms with van der Waals surface area (Å²) in [6.45, 7) is 3.73. The molecule has 0 aliphatic heterocycles. The number of aryl methyl sites for hydroxylation is 1. The normalized spacial score (nSPS) is 10.8. The molecule has 0 fully saturated rings. The van der Waals surface area contributed by atoms with Crippen molar-refractivity contribution in [2.75, 3.05) is 17.8 Å². The number of aromatic nitrogens is 3. The van der Waals surface area contributed by atoms with Crippen molar-refractivity contribution in [2.24, 2.45) is 0 Å². The number of rotatable bonds is 6. The summed E-state index contributed by atoms with van der Waals surface area (Å²) in [5.41, 5.74) is 2.76. The van der Waals surface area contributed by atoms with E-state index in [0.29, 0.717) is 16.7 Å². The van der Waals surface area contributed by atoms with Gasteiger partial charge in [-0.05, 0) is 35.6 Å². The molecule has 24 heavy (non-hydrogen) atoms. The van der Waals surface area contributed by atoms with E-state index in [1.165, 1.54) is 11.8 Å². The smallest absolute Gasteiger partial charge is 0.276 e. The van der Waals surface area contributed by atoms with Gasteiger partial charge in [0.05, 0.1) is 0 Å². The molecule has 2 aromatic carbocycles. The number of ether oxygens (including phenoxy) is 1. The van der Waals surface area contributed by atoms with Crippen LogP contribution in [0, 0.1) is 6.92 Å². The van der Waals surface area contributed by atoms with Crippen molar-refractivity contribution in [1.82, 2.24) is 14.9 Å². The van der Waals surface area contributed by atoms with E-state index >= 15 is 0 Å². The van der Waals surface area contributed by atoms with Crippen LogP contribution in [0.4, 0.5) is 0 Å². The zero-order valence-electron chi connectivity index (χ0n) is 13.5. The van der Waals surface area contributed by atoms with Gasteiger partial charge < -0.3 is 4.74 Å². The second-order valence-corrected chi connectivity index (χ2v) is 6.36. The molecular formula is C17H18N4O2S. The number of carbonyl (C=O) groups excluding carboxylic acids is 1. The molecule has 1 heterocycles. The topological polar surface area (TPSA) is 69.0 Å². The number of thioether (sulfide) groups is 1. The van der Waals surface area contributed by atoms with Gasteiger partial charge >= 0.3 is 0 Å². The van der Waals surface area contributed by atoms with Gasteiger partial charge in [0.25, 0.3) is 5.91 Å². The van der Waals surface area contributed by atoms with Crippen LogP contribution in [0.5, 0.6) is 5.75 Å². The summed E-state index contributed by atoms with van der Waals surface area (Å²) in [7, 11) is 0. The number of benzene rings is 2. The highest BCUT2D eigenvalue weighted by molar-refractivity contribution is 7.99. The van der Waals surface area contributed by atoms with Crippen LogP contribution >= 0.6 is 11.8 Å². The molecule has 124 valence electrons. The molecule has 0 spiro atoms. The number of hydrogen-bond acceptors (Lipinski definition) is 5. The Morgan fingerprint density at radius 2 is 2.00 bits per heavy atom. The van der Waals surface area contributed by atoms with Crippen molar-refractivity contribution in [3.63, 3.8) is 0 Å². The van der Waals surface area contributed by atoms with Gasteiger partial charge in [0, 0.05) is 0 Å². The molecule has 6 nitrogen and oxygen atoms in total. The van der Waals surface area contributed by atoms with Gasteiger partial charge in [-0.1, -0.05) is 49.0 Å². The molecule has 0 bridgehead atoms. The lowest BCUT2D eigenvalue weighted by atomic mass is 10.1. The van der Waals surface area contributed by atoms with Crippen LogP contribution in [0.15, 0.2) is 47.6 Å². The van der Waals surface area contributed by atoms with Gasteiger partial charge in [-0.25, -0.2) is 4.68 Å². The molecule has 0 saturated carbocycles. The number of nitrogens with zero attached hydrogens (tertiary/aromatic N) is 3. The second-order valence-electron chi connectivity index (χ2n) is 5.13. The molecule has 0 radical (unpaired) electrons. The highest BCUT2D eigenvalue weighted by Crippen LogP contribution is 2.20. The first kappa shape index (κ1) is 16.3. The number of amides is 1. The second kappa shape index (κ2) is 7.35. The monoisotopic (exact) mass is 342 g/mol. The molecule has 0 atom stereocenters. The zero-order valence-corrected chi connectivity index (χ0v) is 14.3. The van der Waals surface area contributed by atoms with E-state index in [-0.39, 0.29) is 12.5 Å². The van der Waals surface area contributed by atoms with E-state index in [1.54, 1.807) is 11.6 Å². The summed E-state index contributed by atoms with van der Waals surface area (Å²) in [6, 6.07) is 13.8. The van der Waals surface area contributed by atoms with Crippen molar-refractivity contribution < 1.29 is 9.53 Å². The molecule has 0 unspecified atom stereocenters. The molecule has 0 aliphatic carbocycles. The van der Waals surface area contributed by atoms with E-state index in [4.69, 9.17) is 4.74 Å². The summed E-state index contributed by atoms with van der Waals surface area (Å²) < 4.78 is 7.17. The van der Waals surface area contributed by atoms with Crippen molar-refractivity contribution in [3.8, 4) is 5.75 Å². The number of nitrogens with one attached hydrogen (secondary N) is 1. The molecule has 1 aromatic heterocycles. The largest absolute Gasteiger partial charge is 0.484 e. The lowest BCUT2D eigenvalue weighted by molar-refractivity contribution is -0.119. The van der Waals surface area contributed by atoms with Crippen molar-refractivity contribution in [2.45, 2.75) is 19.0 Å². The fourth-order valence-electron chi connectivity index (χ4n) is 2.26. The summed E-state index contributed by atoms with van der Waals surface area (Å²) in [4.78, 5) is 12.1. The highest BCUT2D eigenvalue weighted by atomic mass is 32.2. The summed E-state index contributed by atoms with van der Waals surface area (Å²) >= 11 is 1.51. The van der Waals surface area contributed by atoms with Gasteiger partial charge in [0.2, 0.25) is 5.16 Å². The molecule has 0 aliphatic rings. The predicted molar refractivity (Wildman–Crippen MR) is 95.0 cm³/mol. The third kappa shape index (κ3) is 3.68. The van der Waals surface area contributed by atoms with Crippen molar-refractivity contribution in [3.05, 3.63) is 48.3 Å². The summed E-state index contributed by atoms with van der Waals surface area (Å²) in [5.74, 6) is 1.88. The highest BCUT2D eigenvalue weighted by Gasteiger charge is 2.12. The molecule has 1 amide bonds. The van der Waals surface area contributed by atoms with E-state index in [0.717, 1.165) is 16.5 Å². The summed E-state index contributed by atoms with van der Waals surface area (Å²) in [6.07, 6.45) is 0. The first-order chi connectivity index (χ1) is 11.7. The number of hydrogen-bond donors (Lipinski definition) is 1. The van der Waals surface area contributed by atoms with Crippen LogP contribution in [-0.4, -0.2) is 33.1 Å². The van der Waals surface area contributed by atoms with Gasteiger partial charge in [-0.15, -0.1) is 10.2 Å². The molecule has 0 saturated heterocycles. The average Bonchev–Trinajstić information content (AvgIpc) is 2.93. The molecule has 3 rings (SSSR count). The first-order valence-corrected chi connectivity index (χ1v) is 8.62. The Hall–Kier alpha value is -2.54. The van der Waals surface area contributed by atoms with Crippen molar-refractivity contribution in [1.29, 1.82) is 0 Å². The maximum absolute atomic E-state index is 12.1. The number of fused-ring (bicyclic) bond motifs is 1. The lowest BCUT2D eigenvalue weighted by Gasteiger charge is -2.11. The Labute approximate surface area is 144 Å². The third-order valence-electron chi connectivity index (χ3n) is 3.40. The Kier molecular flexibility index (Phi) is 5.00. The Morgan fingerprint density at radius 1 is 1.21 bits per heavy atom. The first-order valence-electron chi connectivity index (χ1n) is 7.63. The minimum atomic E-state index is -0.260. The lowest BCUT2D eigenvalue weighted by Crippen LogP contribution is -2.29. The SMILES string of the molecule is CCSc1nnc(C)n1NC(=O)COc1ccc2ccccc2c1. The van der Waals surface area contributed by atoms with Crippen LogP contribution < -0.4 is 10.2 Å².